The molecule has 1 aromatic heterocycles. The van der Waals surface area contributed by atoms with Crippen LogP contribution in [0.4, 0.5) is 0 Å². The highest BCUT2D eigenvalue weighted by atomic mass is 32.2. The molecule has 0 saturated heterocycles. The SMILES string of the molecule is Cc1ccc(C(=O)c2ccc(S(C)(=O)=O)cc2)nc1. The zero-order chi connectivity index (χ0) is 14.0. The molecule has 0 N–H and O–H groups in total. The van der Waals surface area contributed by atoms with Gasteiger partial charge in [-0.2, -0.15) is 0 Å². The Kier molecular flexibility index (Phi) is 3.48. The van der Waals surface area contributed by atoms with E-state index in [1.807, 2.05) is 13.0 Å². The fraction of sp³-hybridized carbons (Fsp3) is 0.143. The molecule has 0 fully saturated rings. The lowest BCUT2D eigenvalue weighted by atomic mass is 10.1. The summed E-state index contributed by atoms with van der Waals surface area (Å²) in [6.07, 6.45) is 2.75. The van der Waals surface area contributed by atoms with E-state index in [4.69, 9.17) is 0 Å². The van der Waals surface area contributed by atoms with Crippen LogP contribution in [0.1, 0.15) is 21.6 Å². The Balaban J connectivity index is 2.32. The van der Waals surface area contributed by atoms with Crippen molar-refractivity contribution in [1.82, 2.24) is 4.98 Å². The van der Waals surface area contributed by atoms with Crippen LogP contribution in [0.25, 0.3) is 0 Å². The molecule has 0 spiro atoms. The minimum Gasteiger partial charge on any atom is -0.287 e. The first kappa shape index (κ1) is 13.4. The maximum Gasteiger partial charge on any atom is 0.211 e. The molecular weight excluding hydrogens is 262 g/mol. The summed E-state index contributed by atoms with van der Waals surface area (Å²) in [7, 11) is -3.24. The van der Waals surface area contributed by atoms with Crippen LogP contribution in [-0.4, -0.2) is 25.4 Å². The molecule has 0 atom stereocenters. The summed E-state index contributed by atoms with van der Waals surface area (Å²) in [5, 5.41) is 0. The van der Waals surface area contributed by atoms with Gasteiger partial charge in [0, 0.05) is 18.0 Å². The summed E-state index contributed by atoms with van der Waals surface area (Å²) in [5.41, 5.74) is 1.74. The van der Waals surface area contributed by atoms with Crippen LogP contribution < -0.4 is 0 Å². The normalized spacial score (nSPS) is 11.3. The van der Waals surface area contributed by atoms with Gasteiger partial charge in [0.15, 0.2) is 9.84 Å². The van der Waals surface area contributed by atoms with Crippen molar-refractivity contribution in [3.63, 3.8) is 0 Å². The average molecular weight is 275 g/mol. The van der Waals surface area contributed by atoms with Crippen LogP contribution in [0, 0.1) is 6.92 Å². The van der Waals surface area contributed by atoms with E-state index >= 15 is 0 Å². The number of aromatic nitrogens is 1. The maximum absolute atomic E-state index is 12.1. The molecule has 19 heavy (non-hydrogen) atoms. The molecule has 2 rings (SSSR count). The van der Waals surface area contributed by atoms with E-state index in [2.05, 4.69) is 4.98 Å². The van der Waals surface area contributed by atoms with Gasteiger partial charge in [0.25, 0.3) is 0 Å². The Bertz CT molecular complexity index is 701. The Morgan fingerprint density at radius 2 is 1.68 bits per heavy atom. The number of carbonyl (C=O) groups excluding carboxylic acids is 1. The third kappa shape index (κ3) is 3.06. The second kappa shape index (κ2) is 4.93. The lowest BCUT2D eigenvalue weighted by Gasteiger charge is -2.02. The quantitative estimate of drug-likeness (QED) is 0.804. The number of rotatable bonds is 3. The molecule has 1 heterocycles. The second-order valence-corrected chi connectivity index (χ2v) is 6.36. The Morgan fingerprint density at radius 3 is 2.16 bits per heavy atom. The molecule has 0 saturated carbocycles. The maximum atomic E-state index is 12.1. The van der Waals surface area contributed by atoms with Gasteiger partial charge in [-0.25, -0.2) is 8.42 Å². The highest BCUT2D eigenvalue weighted by Gasteiger charge is 2.12. The van der Waals surface area contributed by atoms with E-state index in [1.54, 1.807) is 12.3 Å². The summed E-state index contributed by atoms with van der Waals surface area (Å²) >= 11 is 0. The standard InChI is InChI=1S/C14H13NO3S/c1-10-3-8-13(15-9-10)14(16)11-4-6-12(7-5-11)19(2,17)18/h3-9H,1-2H3. The van der Waals surface area contributed by atoms with Crippen LogP contribution in [0.3, 0.4) is 0 Å². The van der Waals surface area contributed by atoms with Crippen molar-refractivity contribution in [3.05, 3.63) is 59.4 Å². The monoisotopic (exact) mass is 275 g/mol. The first-order valence-electron chi connectivity index (χ1n) is 5.65. The van der Waals surface area contributed by atoms with Crippen molar-refractivity contribution in [3.8, 4) is 0 Å². The van der Waals surface area contributed by atoms with Gasteiger partial charge in [-0.1, -0.05) is 6.07 Å². The lowest BCUT2D eigenvalue weighted by Crippen LogP contribution is -2.05. The van der Waals surface area contributed by atoms with Crippen molar-refractivity contribution in [2.45, 2.75) is 11.8 Å². The van der Waals surface area contributed by atoms with Crippen molar-refractivity contribution in [1.29, 1.82) is 0 Å². The summed E-state index contributed by atoms with van der Waals surface area (Å²) in [6, 6.07) is 9.32. The molecule has 4 nitrogen and oxygen atoms in total. The minimum atomic E-state index is -3.24. The Labute approximate surface area is 112 Å². The first-order chi connectivity index (χ1) is 8.88. The van der Waals surface area contributed by atoms with Gasteiger partial charge in [-0.3, -0.25) is 9.78 Å². The van der Waals surface area contributed by atoms with E-state index in [0.29, 0.717) is 11.3 Å². The van der Waals surface area contributed by atoms with Gasteiger partial charge >= 0.3 is 0 Å². The second-order valence-electron chi connectivity index (χ2n) is 4.35. The van der Waals surface area contributed by atoms with Gasteiger partial charge < -0.3 is 0 Å². The molecule has 0 aliphatic heterocycles. The predicted molar refractivity (Wildman–Crippen MR) is 72.0 cm³/mol. The van der Waals surface area contributed by atoms with Crippen LogP contribution in [-0.2, 0) is 9.84 Å². The highest BCUT2D eigenvalue weighted by molar-refractivity contribution is 7.90. The largest absolute Gasteiger partial charge is 0.287 e. The zero-order valence-electron chi connectivity index (χ0n) is 10.6. The Morgan fingerprint density at radius 1 is 1.05 bits per heavy atom. The zero-order valence-corrected chi connectivity index (χ0v) is 11.4. The van der Waals surface area contributed by atoms with E-state index in [9.17, 15) is 13.2 Å². The van der Waals surface area contributed by atoms with Gasteiger partial charge in [0.05, 0.1) is 4.90 Å². The molecule has 0 amide bonds. The van der Waals surface area contributed by atoms with Crippen molar-refractivity contribution in [2.24, 2.45) is 0 Å². The number of carbonyl (C=O) groups is 1. The molecule has 98 valence electrons. The fourth-order valence-corrected chi connectivity index (χ4v) is 2.23. The van der Waals surface area contributed by atoms with E-state index in [1.165, 1.54) is 24.3 Å². The number of benzene rings is 1. The molecule has 2 aromatic rings. The highest BCUT2D eigenvalue weighted by Crippen LogP contribution is 2.13. The number of aryl methyl sites for hydroxylation is 1. The molecule has 0 radical (unpaired) electrons. The van der Waals surface area contributed by atoms with Crippen LogP contribution in [0.5, 0.6) is 0 Å². The summed E-state index contributed by atoms with van der Waals surface area (Å²) in [5.74, 6) is -0.222. The lowest BCUT2D eigenvalue weighted by molar-refractivity contribution is 0.103. The van der Waals surface area contributed by atoms with Crippen molar-refractivity contribution < 1.29 is 13.2 Å². The van der Waals surface area contributed by atoms with E-state index in [0.717, 1.165) is 11.8 Å². The van der Waals surface area contributed by atoms with Gasteiger partial charge in [-0.05, 0) is 42.8 Å². The summed E-state index contributed by atoms with van der Waals surface area (Å²) in [6.45, 7) is 1.89. The molecule has 0 aliphatic carbocycles. The van der Waals surface area contributed by atoms with Crippen LogP contribution in [0.2, 0.25) is 0 Å². The third-order valence-electron chi connectivity index (χ3n) is 2.69. The number of pyridine rings is 1. The minimum absolute atomic E-state index is 0.195. The molecule has 0 bridgehead atoms. The molecule has 5 heteroatoms. The molecular formula is C14H13NO3S. The number of hydrogen-bond donors (Lipinski definition) is 0. The molecule has 0 unspecified atom stereocenters. The van der Waals surface area contributed by atoms with Gasteiger partial charge in [-0.15, -0.1) is 0 Å². The van der Waals surface area contributed by atoms with Crippen molar-refractivity contribution in [2.75, 3.05) is 6.26 Å². The smallest absolute Gasteiger partial charge is 0.211 e. The van der Waals surface area contributed by atoms with Gasteiger partial charge in [0.1, 0.15) is 5.69 Å². The van der Waals surface area contributed by atoms with Crippen LogP contribution in [0.15, 0.2) is 47.5 Å². The number of ketones is 1. The summed E-state index contributed by atoms with van der Waals surface area (Å²) in [4.78, 5) is 16.4. The van der Waals surface area contributed by atoms with E-state index in [-0.39, 0.29) is 10.7 Å². The third-order valence-corrected chi connectivity index (χ3v) is 3.82. The topological polar surface area (TPSA) is 64.1 Å². The van der Waals surface area contributed by atoms with Crippen LogP contribution >= 0.6 is 0 Å². The predicted octanol–water partition coefficient (Wildman–Crippen LogP) is 2.02. The number of nitrogens with zero attached hydrogens (tertiary/aromatic N) is 1. The van der Waals surface area contributed by atoms with Gasteiger partial charge in [0.2, 0.25) is 5.78 Å². The molecule has 1 aromatic carbocycles. The summed E-state index contributed by atoms with van der Waals surface area (Å²) < 4.78 is 22.6. The Hall–Kier alpha value is -2.01. The fourth-order valence-electron chi connectivity index (χ4n) is 1.60. The first-order valence-corrected chi connectivity index (χ1v) is 7.54. The molecule has 0 aliphatic rings. The average Bonchev–Trinajstić information content (AvgIpc) is 2.38. The number of hydrogen-bond acceptors (Lipinski definition) is 4. The van der Waals surface area contributed by atoms with Crippen molar-refractivity contribution >= 4 is 15.6 Å². The number of sulfone groups is 1. The van der Waals surface area contributed by atoms with E-state index < -0.39 is 9.84 Å².